The minimum Gasteiger partial charge on any atom is -0.394 e. The van der Waals surface area contributed by atoms with E-state index < -0.39 is 6.04 Å². The average molecular weight is 510 g/mol. The molecule has 1 aromatic heterocycles. The molecule has 2 aliphatic rings. The van der Waals surface area contributed by atoms with Crippen molar-refractivity contribution in [3.8, 4) is 5.69 Å². The van der Waals surface area contributed by atoms with Crippen molar-refractivity contribution in [3.63, 3.8) is 0 Å². The second kappa shape index (κ2) is 10.9. The molecule has 0 saturated carbocycles. The van der Waals surface area contributed by atoms with Crippen molar-refractivity contribution < 1.29 is 19.4 Å². The van der Waals surface area contributed by atoms with E-state index in [2.05, 4.69) is 15.5 Å². The second-order valence-corrected chi connectivity index (χ2v) is 9.21. The Balaban J connectivity index is 1.44. The summed E-state index contributed by atoms with van der Waals surface area (Å²) in [6, 6.07) is 12.1. The quantitative estimate of drug-likeness (QED) is 0.472. The minimum absolute atomic E-state index is 0.193. The zero-order valence-corrected chi connectivity index (χ0v) is 20.7. The standard InChI is InChI=1S/C26H28ClN5O4/c1-16-30-31-25-21(15-33)29-24(17-5-8-19(27)9-6-17)20-14-18(7-10-22(20)32(16)25)26(34)28-11-13-36-23-4-2-3-12-35-23/h5-10,14,21,23,33H,2-4,11-13,15H2,1H3,(H,28,34). The van der Waals surface area contributed by atoms with Gasteiger partial charge in [0, 0.05) is 34.9 Å². The minimum atomic E-state index is -0.610. The number of halogens is 1. The van der Waals surface area contributed by atoms with Crippen molar-refractivity contribution in [1.82, 2.24) is 20.1 Å². The maximum absolute atomic E-state index is 13.0. The summed E-state index contributed by atoms with van der Waals surface area (Å²) < 4.78 is 13.2. The number of hydrogen-bond donors (Lipinski definition) is 2. The van der Waals surface area contributed by atoms with Crippen molar-refractivity contribution in [3.05, 3.63) is 75.8 Å². The molecule has 2 N–H and O–H groups in total. The van der Waals surface area contributed by atoms with E-state index in [1.54, 1.807) is 18.2 Å². The highest BCUT2D eigenvalue weighted by molar-refractivity contribution is 6.30. The number of benzene rings is 2. The first kappa shape index (κ1) is 24.6. The number of rotatable bonds is 7. The van der Waals surface area contributed by atoms with E-state index in [0.29, 0.717) is 47.7 Å². The first-order chi connectivity index (χ1) is 17.5. The van der Waals surface area contributed by atoms with Crippen LogP contribution in [0.15, 0.2) is 47.5 Å². The molecule has 10 heteroatoms. The van der Waals surface area contributed by atoms with Crippen LogP contribution in [0.1, 0.15) is 58.4 Å². The maximum atomic E-state index is 13.0. The lowest BCUT2D eigenvalue weighted by atomic mass is 9.98. The predicted molar refractivity (Wildman–Crippen MR) is 135 cm³/mol. The normalized spacial score (nSPS) is 19.1. The van der Waals surface area contributed by atoms with Crippen LogP contribution in [0.2, 0.25) is 5.02 Å². The Labute approximate surface area is 214 Å². The van der Waals surface area contributed by atoms with E-state index in [4.69, 9.17) is 26.1 Å². The number of ether oxygens (including phenoxy) is 2. The fourth-order valence-corrected chi connectivity index (χ4v) is 4.62. The summed E-state index contributed by atoms with van der Waals surface area (Å²) in [6.45, 7) is 3.07. The molecule has 2 unspecified atom stereocenters. The summed E-state index contributed by atoms with van der Waals surface area (Å²) in [6.07, 6.45) is 2.84. The molecule has 0 bridgehead atoms. The first-order valence-electron chi connectivity index (χ1n) is 12.1. The molecular formula is C26H28ClN5O4. The van der Waals surface area contributed by atoms with Crippen LogP contribution in [-0.4, -0.2) is 64.1 Å². The van der Waals surface area contributed by atoms with Crippen molar-refractivity contribution in [2.24, 2.45) is 4.99 Å². The first-order valence-corrected chi connectivity index (χ1v) is 12.5. The van der Waals surface area contributed by atoms with Gasteiger partial charge in [-0.05, 0) is 56.5 Å². The highest BCUT2D eigenvalue weighted by atomic mass is 35.5. The number of nitrogens with one attached hydrogen (secondary N) is 1. The number of amides is 1. The molecule has 1 amide bonds. The molecule has 5 rings (SSSR count). The number of aliphatic hydroxyl groups is 1. The van der Waals surface area contributed by atoms with Crippen LogP contribution < -0.4 is 5.32 Å². The Kier molecular flexibility index (Phi) is 7.43. The lowest BCUT2D eigenvalue weighted by Crippen LogP contribution is -2.30. The molecular weight excluding hydrogens is 482 g/mol. The van der Waals surface area contributed by atoms with Gasteiger partial charge in [-0.2, -0.15) is 0 Å². The number of carbonyl (C=O) groups excluding carboxylic acids is 1. The molecule has 0 spiro atoms. The van der Waals surface area contributed by atoms with Crippen LogP contribution in [0.3, 0.4) is 0 Å². The lowest BCUT2D eigenvalue weighted by Gasteiger charge is -2.22. The van der Waals surface area contributed by atoms with Crippen molar-refractivity contribution in [2.75, 3.05) is 26.4 Å². The topological polar surface area (TPSA) is 111 Å². The van der Waals surface area contributed by atoms with Gasteiger partial charge in [0.1, 0.15) is 11.9 Å². The number of fused-ring (bicyclic) bond motifs is 3. The van der Waals surface area contributed by atoms with E-state index >= 15 is 0 Å². The molecule has 2 aromatic carbocycles. The van der Waals surface area contributed by atoms with E-state index in [1.807, 2.05) is 35.8 Å². The second-order valence-electron chi connectivity index (χ2n) is 8.78. The van der Waals surface area contributed by atoms with Gasteiger partial charge in [0.15, 0.2) is 12.1 Å². The third-order valence-corrected chi connectivity index (χ3v) is 6.56. The Hall–Kier alpha value is -3.11. The molecule has 0 radical (unpaired) electrons. The molecule has 2 aliphatic heterocycles. The molecule has 0 aliphatic carbocycles. The van der Waals surface area contributed by atoms with Crippen LogP contribution in [-0.2, 0) is 9.47 Å². The molecule has 9 nitrogen and oxygen atoms in total. The Morgan fingerprint density at radius 2 is 2.06 bits per heavy atom. The molecule has 188 valence electrons. The molecule has 2 atom stereocenters. The highest BCUT2D eigenvalue weighted by Gasteiger charge is 2.28. The largest absolute Gasteiger partial charge is 0.394 e. The van der Waals surface area contributed by atoms with Gasteiger partial charge in [-0.25, -0.2) is 0 Å². The molecule has 36 heavy (non-hydrogen) atoms. The number of aromatic nitrogens is 3. The van der Waals surface area contributed by atoms with Crippen LogP contribution in [0.5, 0.6) is 0 Å². The summed E-state index contributed by atoms with van der Waals surface area (Å²) in [5.74, 6) is 0.987. The van der Waals surface area contributed by atoms with Gasteiger partial charge in [-0.15, -0.1) is 10.2 Å². The third kappa shape index (κ3) is 5.05. The van der Waals surface area contributed by atoms with Gasteiger partial charge >= 0.3 is 0 Å². The molecule has 1 saturated heterocycles. The van der Waals surface area contributed by atoms with Crippen LogP contribution in [0.25, 0.3) is 5.69 Å². The van der Waals surface area contributed by atoms with Gasteiger partial charge < -0.3 is 19.9 Å². The van der Waals surface area contributed by atoms with Gasteiger partial charge in [0.05, 0.1) is 24.6 Å². The van der Waals surface area contributed by atoms with E-state index in [9.17, 15) is 9.90 Å². The van der Waals surface area contributed by atoms with Gasteiger partial charge in [-0.1, -0.05) is 23.7 Å². The fourth-order valence-electron chi connectivity index (χ4n) is 4.50. The van der Waals surface area contributed by atoms with E-state index in [-0.39, 0.29) is 18.8 Å². The number of aliphatic hydroxyl groups excluding tert-OH is 1. The monoisotopic (exact) mass is 509 g/mol. The molecule has 1 fully saturated rings. The van der Waals surface area contributed by atoms with Gasteiger partial charge in [0.2, 0.25) is 0 Å². The Bertz CT molecular complexity index is 1270. The van der Waals surface area contributed by atoms with Crippen LogP contribution in [0, 0.1) is 6.92 Å². The Morgan fingerprint density at radius 1 is 1.22 bits per heavy atom. The number of nitrogens with zero attached hydrogens (tertiary/aromatic N) is 4. The third-order valence-electron chi connectivity index (χ3n) is 6.31. The SMILES string of the molecule is Cc1nnc2n1-c1ccc(C(=O)NCCOC3CCCCO3)cc1C(c1ccc(Cl)cc1)=NC2CO. The smallest absolute Gasteiger partial charge is 0.251 e. The lowest BCUT2D eigenvalue weighted by molar-refractivity contribution is -0.161. The fraction of sp³-hybridized carbons (Fsp3) is 0.385. The molecule has 3 aromatic rings. The number of aryl methyl sites for hydroxylation is 1. The predicted octanol–water partition coefficient (Wildman–Crippen LogP) is 3.39. The van der Waals surface area contributed by atoms with Gasteiger partial charge in [0.25, 0.3) is 5.91 Å². The summed E-state index contributed by atoms with van der Waals surface area (Å²) in [7, 11) is 0. The summed E-state index contributed by atoms with van der Waals surface area (Å²) >= 11 is 6.12. The van der Waals surface area contributed by atoms with Crippen LogP contribution in [0.4, 0.5) is 0 Å². The van der Waals surface area contributed by atoms with Crippen molar-refractivity contribution in [2.45, 2.75) is 38.5 Å². The Morgan fingerprint density at radius 3 is 2.81 bits per heavy atom. The van der Waals surface area contributed by atoms with Crippen molar-refractivity contribution >= 4 is 23.2 Å². The van der Waals surface area contributed by atoms with Crippen molar-refractivity contribution in [1.29, 1.82) is 0 Å². The zero-order valence-electron chi connectivity index (χ0n) is 20.0. The van der Waals surface area contributed by atoms with Crippen LogP contribution >= 0.6 is 11.6 Å². The summed E-state index contributed by atoms with van der Waals surface area (Å²) in [4.78, 5) is 17.9. The number of aliphatic imine (C=N–C) groups is 1. The highest BCUT2D eigenvalue weighted by Crippen LogP contribution is 2.31. The zero-order chi connectivity index (χ0) is 25.1. The summed E-state index contributed by atoms with van der Waals surface area (Å²) in [5.41, 5.74) is 3.45. The van der Waals surface area contributed by atoms with E-state index in [1.165, 1.54) is 0 Å². The maximum Gasteiger partial charge on any atom is 0.251 e. The average Bonchev–Trinajstić information content (AvgIpc) is 3.22. The summed E-state index contributed by atoms with van der Waals surface area (Å²) in [5, 5.41) is 22.1. The van der Waals surface area contributed by atoms with E-state index in [0.717, 1.165) is 36.1 Å². The number of carbonyl (C=O) groups is 1. The number of hydrogen-bond acceptors (Lipinski definition) is 7. The molecule has 3 heterocycles. The van der Waals surface area contributed by atoms with Gasteiger partial charge in [-0.3, -0.25) is 14.4 Å².